The zero-order valence-electron chi connectivity index (χ0n) is 27.0. The second-order valence-electron chi connectivity index (χ2n) is 12.6. The summed E-state index contributed by atoms with van der Waals surface area (Å²) in [5, 5.41) is 4.51. The summed E-state index contributed by atoms with van der Waals surface area (Å²) >= 11 is 0. The highest BCUT2D eigenvalue weighted by Crippen LogP contribution is 2.38. The Morgan fingerprint density at radius 1 is 0.400 bits per heavy atom. The van der Waals surface area contributed by atoms with Crippen LogP contribution in [0.1, 0.15) is 0 Å². The van der Waals surface area contributed by atoms with Crippen LogP contribution in [0.3, 0.4) is 0 Å². The van der Waals surface area contributed by atoms with Gasteiger partial charge >= 0.3 is 0 Å². The van der Waals surface area contributed by atoms with Crippen LogP contribution in [-0.4, -0.2) is 14.5 Å². The number of nitrogens with zero attached hydrogens (tertiary/aromatic N) is 3. The van der Waals surface area contributed by atoms with E-state index in [1.54, 1.807) is 0 Å². The van der Waals surface area contributed by atoms with E-state index in [0.29, 0.717) is 5.82 Å². The van der Waals surface area contributed by atoms with E-state index >= 15 is 0 Å². The van der Waals surface area contributed by atoms with Crippen LogP contribution >= 0.6 is 0 Å². The number of rotatable bonds is 5. The van der Waals surface area contributed by atoms with Crippen LogP contribution in [0.25, 0.3) is 94.5 Å². The van der Waals surface area contributed by atoms with Gasteiger partial charge in [-0.3, -0.25) is 0 Å². The van der Waals surface area contributed by atoms with Gasteiger partial charge in [-0.1, -0.05) is 121 Å². The third kappa shape index (κ3) is 4.61. The van der Waals surface area contributed by atoms with Gasteiger partial charge in [0.15, 0.2) is 5.82 Å². The SMILES string of the molecule is c1ccc(-c2ccc(-c3cc(-c4cccc5c4oc4ccccc45)nc(-c4ccc5c(c4)c4ccccc4n5-c4ccccc4)n3)cc2)cc1. The fourth-order valence-electron chi connectivity index (χ4n) is 7.24. The first kappa shape index (κ1) is 28.3. The monoisotopic (exact) mass is 639 g/mol. The molecule has 234 valence electrons. The smallest absolute Gasteiger partial charge is 0.160 e. The molecule has 0 fully saturated rings. The third-order valence-electron chi connectivity index (χ3n) is 9.64. The lowest BCUT2D eigenvalue weighted by atomic mass is 10.0. The number of benzene rings is 7. The minimum atomic E-state index is 0.663. The number of aromatic nitrogens is 3. The number of para-hydroxylation sites is 4. The van der Waals surface area contributed by atoms with Gasteiger partial charge in [-0.05, 0) is 65.7 Å². The van der Waals surface area contributed by atoms with Crippen molar-refractivity contribution in [1.82, 2.24) is 14.5 Å². The highest BCUT2D eigenvalue weighted by atomic mass is 16.3. The first-order chi connectivity index (χ1) is 24.8. The highest BCUT2D eigenvalue weighted by molar-refractivity contribution is 6.11. The Labute approximate surface area is 288 Å². The van der Waals surface area contributed by atoms with Gasteiger partial charge in [0.2, 0.25) is 0 Å². The van der Waals surface area contributed by atoms with Crippen molar-refractivity contribution >= 4 is 43.7 Å². The maximum Gasteiger partial charge on any atom is 0.160 e. The summed E-state index contributed by atoms with van der Waals surface area (Å²) in [6.07, 6.45) is 0. The lowest BCUT2D eigenvalue weighted by Crippen LogP contribution is -1.97. The van der Waals surface area contributed by atoms with E-state index in [9.17, 15) is 0 Å². The van der Waals surface area contributed by atoms with E-state index < -0.39 is 0 Å². The van der Waals surface area contributed by atoms with E-state index in [1.165, 1.54) is 10.9 Å². The molecule has 4 nitrogen and oxygen atoms in total. The van der Waals surface area contributed by atoms with Crippen LogP contribution in [0.5, 0.6) is 0 Å². The lowest BCUT2D eigenvalue weighted by Gasteiger charge is -2.11. The van der Waals surface area contributed by atoms with Crippen molar-refractivity contribution in [1.29, 1.82) is 0 Å². The molecule has 0 bridgehead atoms. The summed E-state index contributed by atoms with van der Waals surface area (Å²) in [6, 6.07) is 61.3. The van der Waals surface area contributed by atoms with E-state index in [4.69, 9.17) is 14.4 Å². The molecule has 0 amide bonds. The molecule has 0 saturated heterocycles. The van der Waals surface area contributed by atoms with Gasteiger partial charge in [-0.15, -0.1) is 0 Å². The van der Waals surface area contributed by atoms with Crippen LogP contribution < -0.4 is 0 Å². The van der Waals surface area contributed by atoms with Crippen LogP contribution in [-0.2, 0) is 0 Å². The van der Waals surface area contributed by atoms with Crippen molar-refractivity contribution < 1.29 is 4.42 Å². The van der Waals surface area contributed by atoms with Gasteiger partial charge in [-0.2, -0.15) is 0 Å². The van der Waals surface area contributed by atoms with Gasteiger partial charge < -0.3 is 8.98 Å². The van der Waals surface area contributed by atoms with Crippen molar-refractivity contribution in [3.8, 4) is 50.7 Å². The fourth-order valence-corrected chi connectivity index (χ4v) is 7.24. The Morgan fingerprint density at radius 2 is 1.02 bits per heavy atom. The van der Waals surface area contributed by atoms with E-state index in [2.05, 4.69) is 162 Å². The second-order valence-corrected chi connectivity index (χ2v) is 12.6. The predicted octanol–water partition coefficient (Wildman–Crippen LogP) is 12.1. The average Bonchev–Trinajstić information content (AvgIpc) is 3.74. The van der Waals surface area contributed by atoms with E-state index in [-0.39, 0.29) is 0 Å². The molecule has 0 aliphatic heterocycles. The summed E-state index contributed by atoms with van der Waals surface area (Å²) < 4.78 is 8.81. The summed E-state index contributed by atoms with van der Waals surface area (Å²) in [5.41, 5.74) is 12.0. The molecule has 3 heterocycles. The van der Waals surface area contributed by atoms with Gasteiger partial charge in [0.05, 0.1) is 22.4 Å². The quantitative estimate of drug-likeness (QED) is 0.188. The molecular weight excluding hydrogens is 611 g/mol. The summed E-state index contributed by atoms with van der Waals surface area (Å²) in [4.78, 5) is 10.5. The Bertz CT molecular complexity index is 2850. The molecule has 0 aliphatic rings. The molecule has 4 heteroatoms. The van der Waals surface area contributed by atoms with Crippen LogP contribution in [0, 0.1) is 0 Å². The molecule has 0 unspecified atom stereocenters. The Hall–Kier alpha value is -6.78. The second kappa shape index (κ2) is 11.4. The number of hydrogen-bond acceptors (Lipinski definition) is 3. The summed E-state index contributed by atoms with van der Waals surface area (Å²) in [5.74, 6) is 0.663. The highest BCUT2D eigenvalue weighted by Gasteiger charge is 2.18. The third-order valence-corrected chi connectivity index (χ3v) is 9.64. The van der Waals surface area contributed by atoms with Crippen LogP contribution in [0.4, 0.5) is 0 Å². The molecular formula is C46H29N3O. The zero-order chi connectivity index (χ0) is 33.0. The molecule has 7 aromatic carbocycles. The molecule has 10 rings (SSSR count). The minimum absolute atomic E-state index is 0.663. The zero-order valence-corrected chi connectivity index (χ0v) is 27.0. The van der Waals surface area contributed by atoms with Crippen molar-refractivity contribution in [2.24, 2.45) is 0 Å². The number of fused-ring (bicyclic) bond motifs is 6. The standard InChI is InChI=1S/C46H29N3O/c1-3-12-30(13-4-1)31-22-24-32(25-23-31)40-29-41(38-19-11-18-37-36-17-8-10-21-44(36)50-45(37)38)48-46(47-40)33-26-27-43-39(28-33)35-16-7-9-20-42(35)49(43)34-14-5-2-6-15-34/h1-29H. The van der Waals surface area contributed by atoms with E-state index in [1.807, 2.05) is 18.2 Å². The molecule has 50 heavy (non-hydrogen) atoms. The van der Waals surface area contributed by atoms with E-state index in [0.717, 1.165) is 77.7 Å². The molecule has 0 saturated carbocycles. The van der Waals surface area contributed by atoms with Gasteiger partial charge in [0.25, 0.3) is 0 Å². The van der Waals surface area contributed by atoms with Gasteiger partial charge in [0.1, 0.15) is 11.2 Å². The van der Waals surface area contributed by atoms with Crippen LogP contribution in [0.2, 0.25) is 0 Å². The summed E-state index contributed by atoms with van der Waals surface area (Å²) in [7, 11) is 0. The fraction of sp³-hybridized carbons (Fsp3) is 0. The first-order valence-corrected chi connectivity index (χ1v) is 16.8. The molecule has 0 radical (unpaired) electrons. The first-order valence-electron chi connectivity index (χ1n) is 16.8. The minimum Gasteiger partial charge on any atom is -0.455 e. The topological polar surface area (TPSA) is 43.9 Å². The predicted molar refractivity (Wildman–Crippen MR) is 205 cm³/mol. The Morgan fingerprint density at radius 3 is 1.86 bits per heavy atom. The van der Waals surface area contributed by atoms with Crippen molar-refractivity contribution in [2.75, 3.05) is 0 Å². The van der Waals surface area contributed by atoms with Gasteiger partial charge in [0, 0.05) is 43.9 Å². The molecule has 0 atom stereocenters. The normalized spacial score (nSPS) is 11.6. The average molecular weight is 640 g/mol. The molecule has 0 N–H and O–H groups in total. The van der Waals surface area contributed by atoms with Gasteiger partial charge in [-0.25, -0.2) is 9.97 Å². The maximum absolute atomic E-state index is 6.48. The number of hydrogen-bond donors (Lipinski definition) is 0. The molecule has 0 spiro atoms. The summed E-state index contributed by atoms with van der Waals surface area (Å²) in [6.45, 7) is 0. The molecule has 0 aliphatic carbocycles. The van der Waals surface area contributed by atoms with Crippen molar-refractivity contribution in [3.05, 3.63) is 176 Å². The largest absolute Gasteiger partial charge is 0.455 e. The van der Waals surface area contributed by atoms with Crippen molar-refractivity contribution in [2.45, 2.75) is 0 Å². The Balaban J connectivity index is 1.18. The number of furan rings is 1. The lowest BCUT2D eigenvalue weighted by molar-refractivity contribution is 0.670. The van der Waals surface area contributed by atoms with Crippen molar-refractivity contribution in [3.63, 3.8) is 0 Å². The maximum atomic E-state index is 6.48. The molecule has 3 aromatic heterocycles. The van der Waals surface area contributed by atoms with Crippen LogP contribution in [0.15, 0.2) is 180 Å². The molecule has 10 aromatic rings. The Kier molecular flexibility index (Phi) is 6.46.